The van der Waals surface area contributed by atoms with E-state index in [0.29, 0.717) is 32.7 Å². The van der Waals surface area contributed by atoms with E-state index in [1.165, 1.54) is 0 Å². The van der Waals surface area contributed by atoms with Gasteiger partial charge in [-0.3, -0.25) is 4.79 Å². The van der Waals surface area contributed by atoms with Gasteiger partial charge in [0.1, 0.15) is 11.2 Å². The number of ether oxygens (including phenoxy) is 3. The number of carbonyl (C=O) groups is 2. The predicted octanol–water partition coefficient (Wildman–Crippen LogP) is 1.63. The van der Waals surface area contributed by atoms with Crippen molar-refractivity contribution in [1.29, 1.82) is 0 Å². The third-order valence-corrected chi connectivity index (χ3v) is 2.85. The topological polar surface area (TPSA) is 94.2 Å². The van der Waals surface area contributed by atoms with Gasteiger partial charge in [-0.25, -0.2) is 4.79 Å². The first kappa shape index (κ1) is 25.4. The number of rotatable bonds is 6. The summed E-state index contributed by atoms with van der Waals surface area (Å²) in [5.41, 5.74) is -0.790. The second-order valence-corrected chi connectivity index (χ2v) is 7.56. The molecule has 2 amide bonds. The van der Waals surface area contributed by atoms with Crippen molar-refractivity contribution in [3.8, 4) is 0 Å². The summed E-state index contributed by atoms with van der Waals surface area (Å²) < 4.78 is 15.4. The molecule has 0 radical (unpaired) electrons. The molecule has 0 aromatic rings. The summed E-state index contributed by atoms with van der Waals surface area (Å²) >= 11 is 0. The molecule has 1 aliphatic heterocycles. The molecule has 1 N–H and O–H groups in total. The Bertz CT molecular complexity index is 420. The summed E-state index contributed by atoms with van der Waals surface area (Å²) in [5, 5.41) is 2.40. The summed E-state index contributed by atoms with van der Waals surface area (Å²) in [6.45, 7) is 13.5. The van der Waals surface area contributed by atoms with Gasteiger partial charge in [-0.05, 0) is 48.0 Å². The molecule has 1 rings (SSSR count). The molecule has 1 saturated heterocycles. The Balaban J connectivity index is 0. The molecule has 1 fully saturated rings. The van der Waals surface area contributed by atoms with Crippen LogP contribution in [-0.4, -0.2) is 67.4 Å². The summed E-state index contributed by atoms with van der Waals surface area (Å²) in [7, 11) is 0. The molecule has 1 heterocycles. The first-order valence-corrected chi connectivity index (χ1v) is 8.29. The molecule has 9 heteroatoms. The quantitative estimate of drug-likeness (QED) is 0.211. The maximum atomic E-state index is 11.8. The van der Waals surface area contributed by atoms with E-state index in [-0.39, 0.29) is 17.8 Å². The van der Waals surface area contributed by atoms with Gasteiger partial charge in [-0.2, -0.15) is 6.41 Å². The van der Waals surface area contributed by atoms with Crippen LogP contribution in [-0.2, 0) is 23.8 Å². The molecule has 26 heavy (non-hydrogen) atoms. The fourth-order valence-electron chi connectivity index (χ4n) is 1.83. The van der Waals surface area contributed by atoms with Crippen LogP contribution in [0.3, 0.4) is 0 Å². The van der Waals surface area contributed by atoms with Crippen LogP contribution in [0.5, 0.6) is 0 Å². The van der Waals surface area contributed by atoms with Crippen LogP contribution >= 0.6 is 0 Å². The van der Waals surface area contributed by atoms with E-state index in [0.717, 1.165) is 6.42 Å². The molecule has 1 aliphatic rings. The Labute approximate surface area is 150 Å². The van der Waals surface area contributed by atoms with Gasteiger partial charge in [0.05, 0.1) is 19.3 Å². The second-order valence-electron chi connectivity index (χ2n) is 7.56. The number of amides is 2. The van der Waals surface area contributed by atoms with Crippen molar-refractivity contribution in [1.82, 2.24) is 10.2 Å². The van der Waals surface area contributed by atoms with Gasteiger partial charge in [0, 0.05) is 13.1 Å². The van der Waals surface area contributed by atoms with Gasteiger partial charge >= 0.3 is 6.09 Å². The van der Waals surface area contributed by atoms with E-state index >= 15 is 0 Å². The molecule has 0 aliphatic carbocycles. The number of hydrogen-bond acceptors (Lipinski definition) is 6. The van der Waals surface area contributed by atoms with Crippen molar-refractivity contribution in [3.05, 3.63) is 0 Å². The second kappa shape index (κ2) is 11.7. The minimum absolute atomic E-state index is 0. The number of likely N-dealkylation sites (tertiary alicyclic amines) is 1. The van der Waals surface area contributed by atoms with Gasteiger partial charge in [-0.1, -0.05) is 0 Å². The van der Waals surface area contributed by atoms with Gasteiger partial charge in [-0.15, -0.1) is 0 Å². The zero-order valence-corrected chi connectivity index (χ0v) is 18.8. The molecule has 1 atom stereocenters. The van der Waals surface area contributed by atoms with Gasteiger partial charge in [0.15, 0.2) is 0 Å². The van der Waals surface area contributed by atoms with Crippen LogP contribution in [0.4, 0.5) is 4.79 Å². The van der Waals surface area contributed by atoms with Crippen LogP contribution in [0.25, 0.3) is 0 Å². The number of nitrogens with one attached hydrogen (secondary N) is 1. The molecule has 1 unspecified atom stereocenters. The Morgan fingerprint density at radius 2 is 1.85 bits per heavy atom. The molecule has 0 saturated carbocycles. The van der Waals surface area contributed by atoms with Gasteiger partial charge in [0.2, 0.25) is 0 Å². The molecular weight excluding hydrogens is 585 g/mol. The first-order valence-electron chi connectivity index (χ1n) is 8.29. The Morgan fingerprint density at radius 3 is 2.27 bits per heavy atom. The Morgan fingerprint density at radius 1 is 1.23 bits per heavy atom. The largest absolute Gasteiger partial charge is 0.528 e. The standard InChI is InChI=1S/C12H21N2O4.C5H10O2.Fm/c1-12(2,3)18-11(16)14-6-4-10(8-14)17-7-5-13-9-15;1-5(2,3)7-4-6;/h10H,4-8H2,1-3H3,(H,13,15);4H,1-3H3;/q-1;;. The molecule has 0 spiro atoms. The van der Waals surface area contributed by atoms with Crippen molar-refractivity contribution < 1.29 is 28.6 Å². The fraction of sp³-hybridized carbons (Fsp3) is 0.824. The average Bonchev–Trinajstić information content (AvgIpc) is 2.90. The van der Waals surface area contributed by atoms with E-state index in [4.69, 9.17) is 9.47 Å². The average molecular weight is 616 g/mol. The van der Waals surface area contributed by atoms with Crippen LogP contribution in [0, 0.1) is 0 Å². The van der Waals surface area contributed by atoms with E-state index in [1.54, 1.807) is 11.3 Å². The number of nitrogens with zero attached hydrogens (tertiary/aromatic N) is 1. The van der Waals surface area contributed by atoms with E-state index in [2.05, 4.69) is 10.1 Å². The van der Waals surface area contributed by atoms with Crippen LogP contribution < -0.4 is 5.32 Å². The number of carbonyl (C=O) groups excluding carboxylic acids is 3. The Hall–Kier alpha value is -2.83. The number of hydrogen-bond donors (Lipinski definition) is 1. The van der Waals surface area contributed by atoms with Crippen molar-refractivity contribution >= 4 is 19.0 Å². The van der Waals surface area contributed by atoms with E-state index in [9.17, 15) is 14.4 Å². The fourth-order valence-corrected chi connectivity index (χ4v) is 1.83. The zero-order chi connectivity index (χ0) is 19.5. The molecule has 0 aromatic heterocycles. The van der Waals surface area contributed by atoms with Gasteiger partial charge < -0.3 is 29.2 Å². The van der Waals surface area contributed by atoms with Crippen LogP contribution in [0.15, 0.2) is 0 Å². The summed E-state index contributed by atoms with van der Waals surface area (Å²) in [4.78, 5) is 32.9. The predicted molar refractivity (Wildman–Crippen MR) is 92.8 cm³/mol. The summed E-state index contributed by atoms with van der Waals surface area (Å²) in [6.07, 6.45) is 2.10. The third-order valence-electron chi connectivity index (χ3n) is 2.85. The summed E-state index contributed by atoms with van der Waals surface area (Å²) in [6, 6.07) is 0. The Kier molecular flexibility index (Phi) is 11.4. The van der Waals surface area contributed by atoms with E-state index in [1.807, 2.05) is 41.5 Å². The monoisotopic (exact) mass is 616 g/mol. The summed E-state index contributed by atoms with van der Waals surface area (Å²) in [5.74, 6) is 0. The minimum atomic E-state index is -0.472. The maximum Gasteiger partial charge on any atom is 0.410 e. The van der Waals surface area contributed by atoms with Crippen molar-refractivity contribution in [2.24, 2.45) is 0 Å². The molecule has 0 aromatic carbocycles. The van der Waals surface area contributed by atoms with Crippen LogP contribution in [0.1, 0.15) is 48.0 Å². The van der Waals surface area contributed by atoms with Crippen molar-refractivity contribution in [2.45, 2.75) is 65.3 Å². The molecule has 8 nitrogen and oxygen atoms in total. The SMILES string of the molecule is CC(C)(C)OC(=O)N1CCC(OCCN[C-]=O)C1.CC(C)(C)OC=O.[Fm]. The zero-order valence-electron chi connectivity index (χ0n) is 16.4. The smallest absolute Gasteiger partial charge is 0.410 e. The molecule has 0 bridgehead atoms. The molecular formula is C17H31FmN2O6-. The van der Waals surface area contributed by atoms with Crippen molar-refractivity contribution in [3.63, 3.8) is 0 Å². The maximum absolute atomic E-state index is 11.8. The normalized spacial score (nSPS) is 16.5. The van der Waals surface area contributed by atoms with E-state index < -0.39 is 5.60 Å². The van der Waals surface area contributed by atoms with Gasteiger partial charge in [0.25, 0.3) is 6.47 Å². The molecule has 158 valence electrons. The third kappa shape index (κ3) is 13.6. The van der Waals surface area contributed by atoms with Crippen molar-refractivity contribution in [2.75, 3.05) is 26.2 Å². The minimum Gasteiger partial charge on any atom is -0.528 e. The first-order chi connectivity index (χ1) is 11.5. The van der Waals surface area contributed by atoms with Crippen LogP contribution in [0.2, 0.25) is 0 Å².